The highest BCUT2D eigenvalue weighted by Crippen LogP contribution is 2.39. The molecule has 1 saturated heterocycles. The zero-order valence-corrected chi connectivity index (χ0v) is 19.9. The maximum atomic E-state index is 12.9. The molecule has 0 spiro atoms. The van der Waals surface area contributed by atoms with E-state index in [2.05, 4.69) is 20.6 Å². The van der Waals surface area contributed by atoms with Crippen molar-refractivity contribution in [3.8, 4) is 22.5 Å². The van der Waals surface area contributed by atoms with Gasteiger partial charge in [-0.05, 0) is 52.6 Å². The third kappa shape index (κ3) is 5.65. The van der Waals surface area contributed by atoms with Crippen LogP contribution in [-0.2, 0) is 16.4 Å². The van der Waals surface area contributed by atoms with Gasteiger partial charge in [-0.15, -0.1) is 10.2 Å². The summed E-state index contributed by atoms with van der Waals surface area (Å²) < 4.78 is 63.9. The molecule has 0 bridgehead atoms. The number of guanidine groups is 1. The number of likely N-dealkylation sites (tertiary alicyclic amines) is 1. The molecule has 3 aromatic rings. The molecule has 1 fully saturated rings. The van der Waals surface area contributed by atoms with Crippen LogP contribution < -0.4 is 10.9 Å². The van der Waals surface area contributed by atoms with E-state index < -0.39 is 33.9 Å². The molecule has 10 nitrogen and oxygen atoms in total. The van der Waals surface area contributed by atoms with Gasteiger partial charge >= 0.3 is 6.18 Å². The number of nitrogens with two attached hydrogens (primary N) is 2. The first-order valence-electron chi connectivity index (χ1n) is 11.1. The van der Waals surface area contributed by atoms with Crippen molar-refractivity contribution in [3.63, 3.8) is 0 Å². The molecule has 2 aromatic carbocycles. The average molecular weight is 523 g/mol. The molecule has 0 saturated carbocycles. The van der Waals surface area contributed by atoms with E-state index in [1.807, 2.05) is 29.2 Å². The number of nitrogens with zero attached hydrogens (tertiary/aromatic N) is 4. The summed E-state index contributed by atoms with van der Waals surface area (Å²) in [5, 5.41) is 26.6. The minimum absolute atomic E-state index is 0.00607. The lowest BCUT2D eigenvalue weighted by atomic mass is 9.88. The van der Waals surface area contributed by atoms with E-state index in [1.54, 1.807) is 6.07 Å². The van der Waals surface area contributed by atoms with Gasteiger partial charge in [0.1, 0.15) is 0 Å². The van der Waals surface area contributed by atoms with Gasteiger partial charge in [0.15, 0.2) is 5.96 Å². The zero-order valence-electron chi connectivity index (χ0n) is 19.1. The van der Waals surface area contributed by atoms with E-state index in [1.165, 1.54) is 6.07 Å². The molecule has 14 heteroatoms. The predicted molar refractivity (Wildman–Crippen MR) is 126 cm³/mol. The molecule has 0 aliphatic carbocycles. The summed E-state index contributed by atoms with van der Waals surface area (Å²) >= 11 is 0. The molecular formula is C22H25F3N8O2S. The van der Waals surface area contributed by atoms with E-state index in [0.29, 0.717) is 24.2 Å². The van der Waals surface area contributed by atoms with Crippen LogP contribution in [0.3, 0.4) is 0 Å². The number of halogens is 3. The van der Waals surface area contributed by atoms with Crippen LogP contribution in [-0.4, -0.2) is 59.2 Å². The van der Waals surface area contributed by atoms with E-state index in [9.17, 15) is 21.6 Å². The summed E-state index contributed by atoms with van der Waals surface area (Å²) in [6.07, 6.45) is -4.60. The molecule has 0 amide bonds. The Bertz CT molecular complexity index is 1330. The second-order valence-corrected chi connectivity index (χ2v) is 10.1. The highest BCUT2D eigenvalue weighted by Gasteiger charge is 2.31. The van der Waals surface area contributed by atoms with Crippen molar-refractivity contribution in [1.82, 2.24) is 25.5 Å². The lowest BCUT2D eigenvalue weighted by Gasteiger charge is -2.32. The van der Waals surface area contributed by atoms with Crippen LogP contribution in [0.5, 0.6) is 0 Å². The lowest BCUT2D eigenvalue weighted by Crippen LogP contribution is -2.41. The SMILES string of the molecule is N=C(N)N1CCC(c2ccc(-c3ccc(CCC(F)(F)F)c(S(N)(=O)=O)c3-c3nn[nH]n3)cc2)CC1. The molecule has 1 aliphatic heterocycles. The van der Waals surface area contributed by atoms with Gasteiger partial charge in [0.2, 0.25) is 15.8 Å². The quantitative estimate of drug-likeness (QED) is 0.285. The summed E-state index contributed by atoms with van der Waals surface area (Å²) in [7, 11) is -4.45. The number of aromatic nitrogens is 4. The van der Waals surface area contributed by atoms with Gasteiger partial charge in [-0.3, -0.25) is 5.41 Å². The van der Waals surface area contributed by atoms with Gasteiger partial charge in [0.25, 0.3) is 0 Å². The number of hydrogen-bond donors (Lipinski definition) is 4. The number of hydrogen-bond acceptors (Lipinski definition) is 6. The molecule has 6 N–H and O–H groups in total. The number of aromatic amines is 1. The number of piperidine rings is 1. The summed E-state index contributed by atoms with van der Waals surface area (Å²) in [5.41, 5.74) is 7.58. The number of alkyl halides is 3. The zero-order chi connectivity index (χ0) is 26.1. The second kappa shape index (κ2) is 9.85. The van der Waals surface area contributed by atoms with E-state index in [-0.39, 0.29) is 28.8 Å². The Kier molecular flexibility index (Phi) is 7.00. The Balaban J connectivity index is 1.74. The average Bonchev–Trinajstić information content (AvgIpc) is 3.36. The minimum atomic E-state index is -4.48. The van der Waals surface area contributed by atoms with E-state index in [4.69, 9.17) is 16.3 Å². The molecule has 0 atom stereocenters. The van der Waals surface area contributed by atoms with Gasteiger partial charge in [-0.2, -0.15) is 18.4 Å². The molecular weight excluding hydrogens is 497 g/mol. The van der Waals surface area contributed by atoms with Crippen LogP contribution in [0.15, 0.2) is 41.3 Å². The van der Waals surface area contributed by atoms with Crippen molar-refractivity contribution < 1.29 is 21.6 Å². The first-order chi connectivity index (χ1) is 16.9. The monoisotopic (exact) mass is 522 g/mol. The van der Waals surface area contributed by atoms with Gasteiger partial charge in [0.05, 0.1) is 10.5 Å². The second-order valence-electron chi connectivity index (χ2n) is 8.64. The van der Waals surface area contributed by atoms with Crippen molar-refractivity contribution in [1.29, 1.82) is 5.41 Å². The molecule has 0 unspecified atom stereocenters. The summed E-state index contributed by atoms with van der Waals surface area (Å²) in [5.74, 6) is 0.238. The molecule has 36 heavy (non-hydrogen) atoms. The standard InChI is InChI=1S/C22H25F3N8O2S/c23-22(24,25)10-7-16-5-6-17(18(19(16)36(28,34)35)20-29-31-32-30-20)15-3-1-13(2-4-15)14-8-11-33(12-9-14)21(26)27/h1-6,14H,7-12H2,(H3,26,27)(H2,28,34,35)(H,29,30,31,32). The fourth-order valence-electron chi connectivity index (χ4n) is 4.54. The summed E-state index contributed by atoms with van der Waals surface area (Å²) in [6, 6.07) is 10.4. The third-order valence-corrected chi connectivity index (χ3v) is 7.33. The van der Waals surface area contributed by atoms with Crippen molar-refractivity contribution >= 4 is 16.0 Å². The largest absolute Gasteiger partial charge is 0.389 e. The third-order valence-electron chi connectivity index (χ3n) is 6.30. The van der Waals surface area contributed by atoms with Crippen molar-refractivity contribution in [2.45, 2.75) is 42.7 Å². The fraction of sp³-hybridized carbons (Fsp3) is 0.364. The van der Waals surface area contributed by atoms with Crippen LogP contribution in [0.4, 0.5) is 13.2 Å². The number of aryl methyl sites for hydroxylation is 1. The number of rotatable bonds is 6. The normalized spacial score (nSPS) is 15.3. The van der Waals surface area contributed by atoms with Crippen LogP contribution in [0, 0.1) is 5.41 Å². The number of benzene rings is 2. The molecule has 0 radical (unpaired) electrons. The van der Waals surface area contributed by atoms with Crippen LogP contribution in [0.25, 0.3) is 22.5 Å². The highest BCUT2D eigenvalue weighted by atomic mass is 32.2. The van der Waals surface area contributed by atoms with E-state index in [0.717, 1.165) is 18.4 Å². The van der Waals surface area contributed by atoms with Crippen LogP contribution >= 0.6 is 0 Å². The maximum absolute atomic E-state index is 12.9. The first-order valence-corrected chi connectivity index (χ1v) is 12.7. The van der Waals surface area contributed by atoms with Crippen molar-refractivity contribution in [2.24, 2.45) is 10.9 Å². The summed E-state index contributed by atoms with van der Waals surface area (Å²) in [6.45, 7) is 1.36. The smallest absolute Gasteiger partial charge is 0.370 e. The lowest BCUT2D eigenvalue weighted by molar-refractivity contribution is -0.134. The van der Waals surface area contributed by atoms with Crippen molar-refractivity contribution in [2.75, 3.05) is 13.1 Å². The molecule has 2 heterocycles. The van der Waals surface area contributed by atoms with Gasteiger partial charge in [-0.25, -0.2) is 13.6 Å². The highest BCUT2D eigenvalue weighted by molar-refractivity contribution is 7.89. The maximum Gasteiger partial charge on any atom is 0.389 e. The van der Waals surface area contributed by atoms with Crippen LogP contribution in [0.1, 0.15) is 36.3 Å². The topological polar surface area (TPSA) is 168 Å². The van der Waals surface area contributed by atoms with E-state index >= 15 is 0 Å². The van der Waals surface area contributed by atoms with Gasteiger partial charge in [-0.1, -0.05) is 36.4 Å². The molecule has 1 aliphatic rings. The predicted octanol–water partition coefficient (Wildman–Crippen LogP) is 2.75. The number of primary sulfonamides is 1. The number of nitrogens with one attached hydrogen (secondary N) is 2. The van der Waals surface area contributed by atoms with Crippen molar-refractivity contribution in [3.05, 3.63) is 47.5 Å². The number of tetrazole rings is 1. The Morgan fingerprint density at radius 2 is 1.81 bits per heavy atom. The Morgan fingerprint density at radius 3 is 2.33 bits per heavy atom. The Labute approximate surface area is 205 Å². The first kappa shape index (κ1) is 25.6. The number of sulfonamides is 1. The Morgan fingerprint density at radius 1 is 1.14 bits per heavy atom. The van der Waals surface area contributed by atoms with Crippen LogP contribution in [0.2, 0.25) is 0 Å². The molecule has 1 aromatic heterocycles. The minimum Gasteiger partial charge on any atom is -0.370 e. The molecule has 4 rings (SSSR count). The number of H-pyrrole nitrogens is 1. The van der Waals surface area contributed by atoms with Gasteiger partial charge in [0, 0.05) is 19.5 Å². The molecule has 192 valence electrons. The Hall–Kier alpha value is -3.52. The van der Waals surface area contributed by atoms with Gasteiger partial charge < -0.3 is 10.6 Å². The summed E-state index contributed by atoms with van der Waals surface area (Å²) in [4.78, 5) is 1.36. The fourth-order valence-corrected chi connectivity index (χ4v) is 5.56.